The molecule has 0 spiro atoms. The number of rotatable bonds is 4. The molecule has 0 radical (unpaired) electrons. The Balaban J connectivity index is 1.47. The normalized spacial score (nSPS) is 13.1. The molecule has 3 heterocycles. The van der Waals surface area contributed by atoms with Crippen LogP contribution in [-0.4, -0.2) is 35.4 Å². The Morgan fingerprint density at radius 2 is 2.19 bits per heavy atom. The Labute approximate surface area is 159 Å². The van der Waals surface area contributed by atoms with E-state index in [1.165, 1.54) is 17.6 Å². The second kappa shape index (κ2) is 7.24. The minimum absolute atomic E-state index is 0.0471. The second-order valence-corrected chi connectivity index (χ2v) is 7.11. The standard InChI is InChI=1S/C19H17N3O4S/c1-25-13-5-2-4-12(10-13)18(24)22-8-7-14-16(11-22)27-19(20-14)21-17(23)15-6-3-9-26-15/h2-6,9-10H,7-8,11H2,1H3,(H,20,21,23). The zero-order chi connectivity index (χ0) is 18.8. The summed E-state index contributed by atoms with van der Waals surface area (Å²) in [6.07, 6.45) is 2.10. The van der Waals surface area contributed by atoms with Crippen LogP contribution in [0.25, 0.3) is 0 Å². The molecule has 0 bridgehead atoms. The molecule has 0 aliphatic carbocycles. The van der Waals surface area contributed by atoms with Crippen LogP contribution in [0.1, 0.15) is 31.5 Å². The Morgan fingerprint density at radius 3 is 2.96 bits per heavy atom. The van der Waals surface area contributed by atoms with Gasteiger partial charge in [0.2, 0.25) is 0 Å². The number of hydrogen-bond acceptors (Lipinski definition) is 6. The molecule has 7 nitrogen and oxygen atoms in total. The number of aromatic nitrogens is 1. The molecule has 3 aromatic rings. The number of amides is 2. The van der Waals surface area contributed by atoms with Gasteiger partial charge in [-0.2, -0.15) is 0 Å². The number of methoxy groups -OCH3 is 1. The number of fused-ring (bicyclic) bond motifs is 1. The van der Waals surface area contributed by atoms with E-state index in [0.29, 0.717) is 36.0 Å². The molecular formula is C19H17N3O4S. The summed E-state index contributed by atoms with van der Waals surface area (Å²) in [7, 11) is 1.58. The maximum Gasteiger partial charge on any atom is 0.293 e. The monoisotopic (exact) mass is 383 g/mol. The summed E-state index contributed by atoms with van der Waals surface area (Å²) in [5.41, 5.74) is 1.51. The quantitative estimate of drug-likeness (QED) is 0.748. The van der Waals surface area contributed by atoms with Crippen LogP contribution in [0.15, 0.2) is 47.1 Å². The van der Waals surface area contributed by atoms with Crippen LogP contribution in [0.3, 0.4) is 0 Å². The maximum absolute atomic E-state index is 12.8. The van der Waals surface area contributed by atoms with Crippen molar-refractivity contribution in [1.82, 2.24) is 9.88 Å². The minimum atomic E-state index is -0.338. The van der Waals surface area contributed by atoms with Crippen LogP contribution < -0.4 is 10.1 Å². The van der Waals surface area contributed by atoms with Gasteiger partial charge in [0.05, 0.1) is 25.6 Å². The predicted octanol–water partition coefficient (Wildman–Crippen LogP) is 3.20. The van der Waals surface area contributed by atoms with E-state index in [1.807, 2.05) is 6.07 Å². The van der Waals surface area contributed by atoms with E-state index >= 15 is 0 Å². The van der Waals surface area contributed by atoms with Gasteiger partial charge >= 0.3 is 0 Å². The van der Waals surface area contributed by atoms with Crippen LogP contribution in [0, 0.1) is 0 Å². The van der Waals surface area contributed by atoms with Crippen molar-refractivity contribution in [1.29, 1.82) is 0 Å². The van der Waals surface area contributed by atoms with E-state index in [4.69, 9.17) is 9.15 Å². The van der Waals surface area contributed by atoms with E-state index in [0.717, 1.165) is 10.6 Å². The lowest BCUT2D eigenvalue weighted by atomic mass is 10.1. The van der Waals surface area contributed by atoms with Crippen LogP contribution in [-0.2, 0) is 13.0 Å². The first-order valence-corrected chi connectivity index (χ1v) is 9.22. The van der Waals surface area contributed by atoms with Gasteiger partial charge in [0.25, 0.3) is 11.8 Å². The molecular weight excluding hydrogens is 366 g/mol. The molecule has 0 saturated heterocycles. The molecule has 0 unspecified atom stereocenters. The molecule has 0 saturated carbocycles. The Hall–Kier alpha value is -3.13. The highest BCUT2D eigenvalue weighted by molar-refractivity contribution is 7.15. The molecule has 8 heteroatoms. The number of nitrogens with one attached hydrogen (secondary N) is 1. The van der Waals surface area contributed by atoms with Crippen molar-refractivity contribution in [3.63, 3.8) is 0 Å². The van der Waals surface area contributed by atoms with Crippen molar-refractivity contribution in [2.24, 2.45) is 0 Å². The number of anilines is 1. The highest BCUT2D eigenvalue weighted by Gasteiger charge is 2.25. The van der Waals surface area contributed by atoms with Gasteiger partial charge in [0.1, 0.15) is 5.75 Å². The van der Waals surface area contributed by atoms with Gasteiger partial charge < -0.3 is 14.1 Å². The summed E-state index contributed by atoms with van der Waals surface area (Å²) < 4.78 is 10.3. The van der Waals surface area contributed by atoms with E-state index < -0.39 is 0 Å². The zero-order valence-corrected chi connectivity index (χ0v) is 15.4. The van der Waals surface area contributed by atoms with Gasteiger partial charge in [-0.25, -0.2) is 4.98 Å². The lowest BCUT2D eigenvalue weighted by Crippen LogP contribution is -2.35. The fourth-order valence-corrected chi connectivity index (χ4v) is 3.95. The topological polar surface area (TPSA) is 84.7 Å². The van der Waals surface area contributed by atoms with Gasteiger partial charge in [-0.1, -0.05) is 17.4 Å². The third-order valence-electron chi connectivity index (χ3n) is 4.30. The molecule has 0 fully saturated rings. The molecule has 2 aromatic heterocycles. The van der Waals surface area contributed by atoms with E-state index in [9.17, 15) is 9.59 Å². The lowest BCUT2D eigenvalue weighted by molar-refractivity contribution is 0.0735. The van der Waals surface area contributed by atoms with Gasteiger partial charge in [-0.05, 0) is 30.3 Å². The molecule has 1 aliphatic heterocycles. The summed E-state index contributed by atoms with van der Waals surface area (Å²) in [5.74, 6) is 0.502. The molecule has 138 valence electrons. The Morgan fingerprint density at radius 1 is 1.30 bits per heavy atom. The number of carbonyl (C=O) groups excluding carboxylic acids is 2. The SMILES string of the molecule is COc1cccc(C(=O)N2CCc3nc(NC(=O)c4ccco4)sc3C2)c1. The van der Waals surface area contributed by atoms with Crippen molar-refractivity contribution in [3.8, 4) is 5.75 Å². The van der Waals surface area contributed by atoms with Crippen molar-refractivity contribution >= 4 is 28.3 Å². The highest BCUT2D eigenvalue weighted by atomic mass is 32.1. The van der Waals surface area contributed by atoms with Crippen LogP contribution in [0.2, 0.25) is 0 Å². The Bertz CT molecular complexity index is 981. The molecule has 1 aliphatic rings. The fraction of sp³-hybridized carbons (Fsp3) is 0.211. The largest absolute Gasteiger partial charge is 0.497 e. The summed E-state index contributed by atoms with van der Waals surface area (Å²) >= 11 is 1.38. The maximum atomic E-state index is 12.8. The average Bonchev–Trinajstić information content (AvgIpc) is 3.36. The number of ether oxygens (including phenoxy) is 1. The predicted molar refractivity (Wildman–Crippen MR) is 100 cm³/mol. The summed E-state index contributed by atoms with van der Waals surface area (Å²) in [5, 5.41) is 3.26. The molecule has 2 amide bonds. The number of thiazole rings is 1. The highest BCUT2D eigenvalue weighted by Crippen LogP contribution is 2.29. The third kappa shape index (κ3) is 3.56. The number of hydrogen-bond donors (Lipinski definition) is 1. The third-order valence-corrected chi connectivity index (χ3v) is 5.30. The number of carbonyl (C=O) groups is 2. The smallest absolute Gasteiger partial charge is 0.293 e. The summed E-state index contributed by atoms with van der Waals surface area (Å²) in [6, 6.07) is 10.4. The summed E-state index contributed by atoms with van der Waals surface area (Å²) in [6.45, 7) is 1.05. The number of furan rings is 1. The number of nitrogens with zero attached hydrogens (tertiary/aromatic N) is 2. The lowest BCUT2D eigenvalue weighted by Gasteiger charge is -2.26. The van der Waals surface area contributed by atoms with Crippen LogP contribution in [0.5, 0.6) is 5.75 Å². The average molecular weight is 383 g/mol. The second-order valence-electron chi connectivity index (χ2n) is 6.03. The first kappa shape index (κ1) is 17.3. The molecule has 4 rings (SSSR count). The molecule has 0 atom stereocenters. The van der Waals surface area contributed by atoms with Crippen molar-refractivity contribution in [2.75, 3.05) is 19.0 Å². The van der Waals surface area contributed by atoms with Gasteiger partial charge in [-0.15, -0.1) is 0 Å². The zero-order valence-electron chi connectivity index (χ0n) is 14.6. The molecule has 1 aromatic carbocycles. The van der Waals surface area contributed by atoms with E-state index in [-0.39, 0.29) is 17.6 Å². The van der Waals surface area contributed by atoms with E-state index in [1.54, 1.807) is 42.3 Å². The fourth-order valence-electron chi connectivity index (χ4n) is 2.93. The van der Waals surface area contributed by atoms with Crippen LogP contribution >= 0.6 is 11.3 Å². The number of benzene rings is 1. The van der Waals surface area contributed by atoms with Gasteiger partial charge in [0.15, 0.2) is 10.9 Å². The molecule has 1 N–H and O–H groups in total. The van der Waals surface area contributed by atoms with Crippen LogP contribution in [0.4, 0.5) is 5.13 Å². The van der Waals surface area contributed by atoms with Crippen molar-refractivity contribution < 1.29 is 18.7 Å². The van der Waals surface area contributed by atoms with Gasteiger partial charge in [-0.3, -0.25) is 14.9 Å². The van der Waals surface area contributed by atoms with Gasteiger partial charge in [0, 0.05) is 23.4 Å². The first-order valence-electron chi connectivity index (χ1n) is 8.41. The summed E-state index contributed by atoms with van der Waals surface area (Å²) in [4.78, 5) is 32.1. The molecule has 27 heavy (non-hydrogen) atoms. The minimum Gasteiger partial charge on any atom is -0.497 e. The Kier molecular flexibility index (Phi) is 4.64. The van der Waals surface area contributed by atoms with Crippen molar-refractivity contribution in [3.05, 3.63) is 64.6 Å². The van der Waals surface area contributed by atoms with Crippen molar-refractivity contribution in [2.45, 2.75) is 13.0 Å². The van der Waals surface area contributed by atoms with E-state index in [2.05, 4.69) is 10.3 Å². The first-order chi connectivity index (χ1) is 13.1.